The van der Waals surface area contributed by atoms with Crippen molar-refractivity contribution in [3.8, 4) is 0 Å². The van der Waals surface area contributed by atoms with Gasteiger partial charge < -0.3 is 14.8 Å². The molecule has 3 rings (SSSR count). The quantitative estimate of drug-likeness (QED) is 0.230. The smallest absolute Gasteiger partial charge is 0.339 e. The van der Waals surface area contributed by atoms with E-state index in [0.717, 1.165) is 17.0 Å². The second-order valence-corrected chi connectivity index (χ2v) is 7.76. The predicted octanol–water partition coefficient (Wildman–Crippen LogP) is 3.95. The van der Waals surface area contributed by atoms with Gasteiger partial charge in [-0.1, -0.05) is 30.3 Å². The number of aliphatic imine (C=N–C) groups is 2. The first-order valence-electron chi connectivity index (χ1n) is 10.7. The van der Waals surface area contributed by atoms with Crippen molar-refractivity contribution in [2.24, 2.45) is 9.98 Å². The maximum atomic E-state index is 12.2. The van der Waals surface area contributed by atoms with Gasteiger partial charge in [-0.2, -0.15) is 4.99 Å². The summed E-state index contributed by atoms with van der Waals surface area (Å²) in [6, 6.07) is 15.6. The monoisotopic (exact) mass is 504 g/mol. The summed E-state index contributed by atoms with van der Waals surface area (Å²) in [6.45, 7) is 3.69. The molecule has 2 N–H and O–H groups in total. The third-order valence-electron chi connectivity index (χ3n) is 4.64. The van der Waals surface area contributed by atoms with Gasteiger partial charge >= 0.3 is 11.9 Å². The van der Waals surface area contributed by atoms with Crippen LogP contribution in [0.2, 0.25) is 0 Å². The van der Waals surface area contributed by atoms with Gasteiger partial charge in [-0.25, -0.2) is 24.5 Å². The zero-order valence-electron chi connectivity index (χ0n) is 20.1. The lowest BCUT2D eigenvalue weighted by atomic mass is 10.1. The number of methoxy groups -OCH3 is 2. The number of anilines is 2. The van der Waals surface area contributed by atoms with E-state index >= 15 is 0 Å². The molecule has 0 aliphatic heterocycles. The maximum Gasteiger partial charge on any atom is 0.339 e. The fourth-order valence-electron chi connectivity index (χ4n) is 3.07. The summed E-state index contributed by atoms with van der Waals surface area (Å²) >= 11 is 5.41. The van der Waals surface area contributed by atoms with E-state index in [9.17, 15) is 9.59 Å². The van der Waals surface area contributed by atoms with Gasteiger partial charge in [0.15, 0.2) is 0 Å². The van der Waals surface area contributed by atoms with Crippen LogP contribution in [-0.2, 0) is 9.47 Å². The number of ether oxygens (including phenoxy) is 2. The molecule has 0 amide bonds. The summed E-state index contributed by atoms with van der Waals surface area (Å²) in [5, 5.41) is 5.79. The molecule has 2 aromatic carbocycles. The average molecular weight is 505 g/mol. The molecule has 184 valence electrons. The Morgan fingerprint density at radius 2 is 1.58 bits per heavy atom. The van der Waals surface area contributed by atoms with E-state index in [1.54, 1.807) is 6.21 Å². The van der Waals surface area contributed by atoms with Crippen molar-refractivity contribution >= 4 is 53.1 Å². The summed E-state index contributed by atoms with van der Waals surface area (Å²) in [6.07, 6.45) is 1.61. The topological polar surface area (TPSA) is 127 Å². The number of guanidine groups is 1. The Morgan fingerprint density at radius 3 is 2.22 bits per heavy atom. The molecule has 0 bridgehead atoms. The fraction of sp³-hybridized carbons (Fsp3) is 0.160. The van der Waals surface area contributed by atoms with Crippen LogP contribution in [0.3, 0.4) is 0 Å². The highest BCUT2D eigenvalue weighted by Crippen LogP contribution is 2.20. The molecule has 0 spiro atoms. The van der Waals surface area contributed by atoms with Crippen LogP contribution in [0.15, 0.2) is 64.6 Å². The third kappa shape index (κ3) is 7.24. The molecule has 3 aromatic rings. The lowest BCUT2D eigenvalue weighted by Gasteiger charge is -2.12. The number of thiocarbonyl (C=S) groups is 1. The maximum absolute atomic E-state index is 12.2. The van der Waals surface area contributed by atoms with Crippen molar-refractivity contribution in [2.75, 3.05) is 24.9 Å². The van der Waals surface area contributed by atoms with E-state index < -0.39 is 11.9 Å². The molecule has 0 radical (unpaired) electrons. The largest absolute Gasteiger partial charge is 0.465 e. The Bertz CT molecular complexity index is 1320. The summed E-state index contributed by atoms with van der Waals surface area (Å²) in [4.78, 5) is 41.7. The number of nitrogens with zero attached hydrogens (tertiary/aromatic N) is 4. The van der Waals surface area contributed by atoms with Gasteiger partial charge in [0, 0.05) is 17.6 Å². The van der Waals surface area contributed by atoms with Crippen LogP contribution in [0.25, 0.3) is 0 Å². The first kappa shape index (κ1) is 26.1. The number of hydrogen-bond acceptors (Lipinski definition) is 7. The van der Waals surface area contributed by atoms with Gasteiger partial charge in [0.05, 0.1) is 31.0 Å². The average Bonchev–Trinajstić information content (AvgIpc) is 2.86. The summed E-state index contributed by atoms with van der Waals surface area (Å²) in [5.41, 5.74) is 2.95. The van der Waals surface area contributed by atoms with E-state index in [-0.39, 0.29) is 27.9 Å². The highest BCUT2D eigenvalue weighted by molar-refractivity contribution is 7.80. The number of carbonyl (C=O) groups excluding carboxylic acids is 2. The molecule has 0 aliphatic carbocycles. The molecule has 0 aliphatic rings. The Kier molecular flexibility index (Phi) is 8.89. The Labute approximate surface area is 213 Å². The van der Waals surface area contributed by atoms with Gasteiger partial charge in [0.25, 0.3) is 0 Å². The van der Waals surface area contributed by atoms with Crippen molar-refractivity contribution in [1.82, 2.24) is 9.97 Å². The highest BCUT2D eigenvalue weighted by atomic mass is 32.1. The second kappa shape index (κ2) is 12.3. The summed E-state index contributed by atoms with van der Waals surface area (Å²) in [7, 11) is 2.51. The Balaban J connectivity index is 1.95. The number of carbonyl (C=O) groups is 2. The van der Waals surface area contributed by atoms with Gasteiger partial charge in [-0.3, -0.25) is 5.32 Å². The first-order valence-corrected chi connectivity index (χ1v) is 11.1. The molecule has 10 nitrogen and oxygen atoms in total. The van der Waals surface area contributed by atoms with Crippen LogP contribution in [0.5, 0.6) is 0 Å². The number of benzene rings is 2. The molecule has 0 fully saturated rings. The summed E-state index contributed by atoms with van der Waals surface area (Å²) < 4.78 is 9.59. The molecule has 0 saturated heterocycles. The minimum Gasteiger partial charge on any atom is -0.465 e. The lowest BCUT2D eigenvalue weighted by molar-refractivity contribution is 0.0587. The van der Waals surface area contributed by atoms with Crippen molar-refractivity contribution in [3.05, 3.63) is 82.7 Å². The van der Waals surface area contributed by atoms with E-state index in [4.69, 9.17) is 21.7 Å². The minimum atomic E-state index is -0.621. The van der Waals surface area contributed by atoms with Crippen LogP contribution >= 0.6 is 12.2 Å². The molecule has 0 atom stereocenters. The van der Waals surface area contributed by atoms with Crippen molar-refractivity contribution < 1.29 is 19.1 Å². The lowest BCUT2D eigenvalue weighted by Crippen LogP contribution is -2.19. The van der Waals surface area contributed by atoms with Crippen molar-refractivity contribution in [2.45, 2.75) is 13.8 Å². The van der Waals surface area contributed by atoms with Crippen molar-refractivity contribution in [3.63, 3.8) is 0 Å². The van der Waals surface area contributed by atoms with E-state index in [2.05, 4.69) is 30.6 Å². The Morgan fingerprint density at radius 1 is 0.917 bits per heavy atom. The predicted molar refractivity (Wildman–Crippen MR) is 142 cm³/mol. The van der Waals surface area contributed by atoms with Gasteiger partial charge in [0.1, 0.15) is 0 Å². The van der Waals surface area contributed by atoms with E-state index in [1.807, 2.05) is 50.2 Å². The van der Waals surface area contributed by atoms with Crippen LogP contribution < -0.4 is 10.6 Å². The van der Waals surface area contributed by atoms with Crippen LogP contribution in [0.4, 0.5) is 11.6 Å². The second-order valence-electron chi connectivity index (χ2n) is 7.38. The molecule has 0 saturated carbocycles. The number of nitrogens with one attached hydrogen (secondary N) is 2. The molecule has 36 heavy (non-hydrogen) atoms. The van der Waals surface area contributed by atoms with Gasteiger partial charge in [0.2, 0.25) is 17.0 Å². The van der Waals surface area contributed by atoms with Crippen LogP contribution in [0.1, 0.15) is 37.7 Å². The fourth-order valence-corrected chi connectivity index (χ4v) is 3.26. The summed E-state index contributed by atoms with van der Waals surface area (Å²) in [5.74, 6) is -0.803. The number of rotatable bonds is 5. The van der Waals surface area contributed by atoms with E-state index in [1.165, 1.54) is 32.4 Å². The highest BCUT2D eigenvalue weighted by Gasteiger charge is 2.17. The molecule has 1 aromatic heterocycles. The number of aryl methyl sites for hydroxylation is 2. The van der Waals surface area contributed by atoms with Crippen LogP contribution in [0, 0.1) is 13.8 Å². The zero-order valence-corrected chi connectivity index (χ0v) is 20.9. The molecule has 1 heterocycles. The van der Waals surface area contributed by atoms with E-state index in [0.29, 0.717) is 5.95 Å². The normalized spacial score (nSPS) is 11.2. The standard InChI is InChI=1S/C25H24N6O4S/c1-15-12-16(2)28-24(27-15)30-23(26-14-17-8-6-5-7-9-17)31-25(36)29-20-13-18(21(32)34-3)10-11-19(20)22(33)35-4/h5-14H,1-4H3,(H2,27,28,29,30,31,36). The molecule has 0 unspecified atom stereocenters. The van der Waals surface area contributed by atoms with Gasteiger partial charge in [-0.05, 0) is 55.9 Å². The molecular formula is C25H24N6O4S. The molecular weight excluding hydrogens is 480 g/mol. The third-order valence-corrected chi connectivity index (χ3v) is 4.83. The molecule has 11 heteroatoms. The van der Waals surface area contributed by atoms with Gasteiger partial charge in [-0.15, -0.1) is 0 Å². The number of aromatic nitrogens is 2. The zero-order chi connectivity index (χ0) is 26.1. The van der Waals surface area contributed by atoms with Crippen molar-refractivity contribution in [1.29, 1.82) is 0 Å². The number of esters is 2. The SMILES string of the molecule is COC(=O)c1ccc(C(=O)OC)c(NC(=S)N=C(N=Cc2ccccc2)Nc2nc(C)cc(C)n2)c1. The minimum absolute atomic E-state index is 0.0424. The first-order chi connectivity index (χ1) is 17.3. The van der Waals surface area contributed by atoms with Crippen LogP contribution in [-0.4, -0.2) is 53.4 Å². The number of hydrogen-bond donors (Lipinski definition) is 2. The Hall–Kier alpha value is -4.51.